The third-order valence-corrected chi connectivity index (χ3v) is 5.85. The summed E-state index contributed by atoms with van der Waals surface area (Å²) in [4.78, 5) is 33.9. The van der Waals surface area contributed by atoms with Gasteiger partial charge in [0.05, 0.1) is 33.2 Å². The summed E-state index contributed by atoms with van der Waals surface area (Å²) in [6.45, 7) is 1.02. The lowest BCUT2D eigenvalue weighted by Crippen LogP contribution is -2.43. The number of hydrogen-bond donors (Lipinski definition) is 3. The van der Waals surface area contributed by atoms with Crippen LogP contribution in [0.25, 0.3) is 0 Å². The predicted molar refractivity (Wildman–Crippen MR) is 128 cm³/mol. The number of carbonyl (C=O) groups excluding carboxylic acids is 2. The van der Waals surface area contributed by atoms with Crippen molar-refractivity contribution in [3.8, 4) is 17.2 Å². The number of aromatic nitrogens is 2. The van der Waals surface area contributed by atoms with Gasteiger partial charge in [0.1, 0.15) is 5.02 Å². The second-order valence-electron chi connectivity index (χ2n) is 8.09. The first-order chi connectivity index (χ1) is 16.2. The first-order valence-electron chi connectivity index (χ1n) is 10.7. The van der Waals surface area contributed by atoms with Gasteiger partial charge in [-0.2, -0.15) is 4.98 Å². The molecule has 1 aliphatic rings. The minimum Gasteiger partial charge on any atom is -0.493 e. The summed E-state index contributed by atoms with van der Waals surface area (Å²) in [6, 6.07) is 3.48. The zero-order valence-electron chi connectivity index (χ0n) is 19.3. The lowest BCUT2D eigenvalue weighted by molar-refractivity contribution is -0.119. The second kappa shape index (κ2) is 11.1. The van der Waals surface area contributed by atoms with Crippen molar-refractivity contribution in [3.05, 3.63) is 23.4 Å². The number of hydrogen-bond acceptors (Lipinski definition) is 9. The summed E-state index contributed by atoms with van der Waals surface area (Å²) in [5, 5.41) is 3.46. The van der Waals surface area contributed by atoms with Crippen molar-refractivity contribution >= 4 is 40.9 Å². The van der Waals surface area contributed by atoms with Crippen LogP contribution in [0.15, 0.2) is 18.3 Å². The van der Waals surface area contributed by atoms with Crippen molar-refractivity contribution in [3.63, 3.8) is 0 Å². The summed E-state index contributed by atoms with van der Waals surface area (Å²) in [5.74, 6) is 1.19. The molecule has 2 atom stereocenters. The Bertz CT molecular complexity index is 1030. The fraction of sp³-hybridized carbons (Fsp3) is 0.455. The van der Waals surface area contributed by atoms with Crippen molar-refractivity contribution < 1.29 is 23.8 Å². The molecule has 34 heavy (non-hydrogen) atoms. The number of nitrogens with one attached hydrogen (secondary N) is 1. The maximum Gasteiger partial charge on any atom is 0.229 e. The number of primary amides is 2. The van der Waals surface area contributed by atoms with E-state index in [9.17, 15) is 9.59 Å². The van der Waals surface area contributed by atoms with E-state index >= 15 is 0 Å². The average Bonchev–Trinajstić information content (AvgIpc) is 2.78. The van der Waals surface area contributed by atoms with E-state index in [0.717, 1.165) is 0 Å². The van der Waals surface area contributed by atoms with Gasteiger partial charge < -0.3 is 35.9 Å². The first kappa shape index (κ1) is 25.2. The lowest BCUT2D eigenvalue weighted by atomic mass is 9.85. The van der Waals surface area contributed by atoms with Crippen LogP contribution in [0.3, 0.4) is 0 Å². The second-order valence-corrected chi connectivity index (χ2v) is 8.49. The molecule has 12 heteroatoms. The van der Waals surface area contributed by atoms with Crippen LogP contribution in [0.2, 0.25) is 5.02 Å². The number of piperidine rings is 1. The summed E-state index contributed by atoms with van der Waals surface area (Å²) >= 11 is 6.45. The molecule has 1 aliphatic heterocycles. The quantitative estimate of drug-likeness (QED) is 0.452. The Labute approximate surface area is 202 Å². The van der Waals surface area contributed by atoms with Crippen LogP contribution in [-0.2, 0) is 9.59 Å². The SMILES string of the molecule is COc1ccc(Nc2ncc(Cl)c(N3C[C@H](CC(N)=O)C[C@H](CC(N)=O)C3)n2)c(OC)c1OC. The number of amides is 2. The Morgan fingerprint density at radius 1 is 1.06 bits per heavy atom. The molecular formula is C22H29ClN6O5. The van der Waals surface area contributed by atoms with Crippen molar-refractivity contribution in [2.45, 2.75) is 19.3 Å². The van der Waals surface area contributed by atoms with E-state index in [1.807, 2.05) is 4.90 Å². The smallest absolute Gasteiger partial charge is 0.229 e. The van der Waals surface area contributed by atoms with E-state index in [2.05, 4.69) is 15.3 Å². The molecule has 2 heterocycles. The van der Waals surface area contributed by atoms with Crippen LogP contribution in [0.5, 0.6) is 17.2 Å². The van der Waals surface area contributed by atoms with Crippen LogP contribution in [-0.4, -0.2) is 56.2 Å². The van der Waals surface area contributed by atoms with E-state index in [1.54, 1.807) is 12.1 Å². The first-order valence-corrected chi connectivity index (χ1v) is 11.0. The lowest BCUT2D eigenvalue weighted by Gasteiger charge is -2.38. The third-order valence-electron chi connectivity index (χ3n) is 5.58. The van der Waals surface area contributed by atoms with Gasteiger partial charge >= 0.3 is 0 Å². The highest BCUT2D eigenvalue weighted by atomic mass is 35.5. The molecule has 1 saturated heterocycles. The summed E-state index contributed by atoms with van der Waals surface area (Å²) in [7, 11) is 4.57. The maximum absolute atomic E-state index is 11.5. The molecule has 5 N–H and O–H groups in total. The normalized spacial score (nSPS) is 17.7. The molecule has 2 aromatic rings. The largest absolute Gasteiger partial charge is 0.493 e. The van der Waals surface area contributed by atoms with Crippen molar-refractivity contribution in [2.24, 2.45) is 23.3 Å². The van der Waals surface area contributed by atoms with Gasteiger partial charge in [-0.25, -0.2) is 4.98 Å². The van der Waals surface area contributed by atoms with E-state index < -0.39 is 11.8 Å². The van der Waals surface area contributed by atoms with Gasteiger partial charge in [-0.3, -0.25) is 9.59 Å². The fourth-order valence-electron chi connectivity index (χ4n) is 4.32. The number of halogens is 1. The van der Waals surface area contributed by atoms with Gasteiger partial charge in [0.25, 0.3) is 0 Å². The van der Waals surface area contributed by atoms with Crippen LogP contribution >= 0.6 is 11.6 Å². The molecule has 1 aromatic carbocycles. The zero-order valence-corrected chi connectivity index (χ0v) is 20.1. The Morgan fingerprint density at radius 3 is 2.21 bits per heavy atom. The predicted octanol–water partition coefficient (Wildman–Crippen LogP) is 2.09. The Balaban J connectivity index is 1.91. The molecule has 1 aromatic heterocycles. The van der Waals surface area contributed by atoms with Gasteiger partial charge in [-0.05, 0) is 30.4 Å². The van der Waals surface area contributed by atoms with E-state index in [-0.39, 0.29) is 30.6 Å². The van der Waals surface area contributed by atoms with Crippen LogP contribution in [0, 0.1) is 11.8 Å². The molecule has 11 nitrogen and oxygen atoms in total. The number of benzene rings is 1. The molecule has 2 amide bonds. The zero-order chi connectivity index (χ0) is 24.8. The molecule has 0 unspecified atom stereocenters. The van der Waals surface area contributed by atoms with E-state index in [4.69, 9.17) is 37.3 Å². The number of anilines is 3. The minimum absolute atomic E-state index is 0.0519. The molecule has 1 fully saturated rings. The third kappa shape index (κ3) is 5.90. The van der Waals surface area contributed by atoms with Crippen LogP contribution < -0.4 is 35.9 Å². The number of nitrogens with two attached hydrogens (primary N) is 2. The summed E-state index contributed by atoms with van der Waals surface area (Å²) in [6.07, 6.45) is 2.55. The molecule has 0 aliphatic carbocycles. The van der Waals surface area contributed by atoms with Gasteiger partial charge in [-0.15, -0.1) is 0 Å². The van der Waals surface area contributed by atoms with Crippen LogP contribution in [0.4, 0.5) is 17.5 Å². The molecule has 0 bridgehead atoms. The Morgan fingerprint density at radius 2 is 1.68 bits per heavy atom. The highest BCUT2D eigenvalue weighted by molar-refractivity contribution is 6.32. The standard InChI is InChI=1S/C22H29ClN6O5/c1-32-16-5-4-15(19(33-2)20(16)34-3)27-22-26-9-14(23)21(28-22)29-10-12(7-17(24)30)6-13(11-29)8-18(25)31/h4-5,9,12-13H,6-8,10-11H2,1-3H3,(H2,24,30)(H2,25,31)(H,26,27,28)/t12-,13+. The van der Waals surface area contributed by atoms with Crippen molar-refractivity contribution in [1.82, 2.24) is 9.97 Å². The Hall–Kier alpha value is -3.47. The van der Waals surface area contributed by atoms with Gasteiger partial charge in [-0.1, -0.05) is 11.6 Å². The highest BCUT2D eigenvalue weighted by Gasteiger charge is 2.31. The van der Waals surface area contributed by atoms with Crippen molar-refractivity contribution in [1.29, 1.82) is 0 Å². The molecule has 0 spiro atoms. The number of nitrogens with zero attached hydrogens (tertiary/aromatic N) is 3. The van der Waals surface area contributed by atoms with Gasteiger partial charge in [0.15, 0.2) is 17.3 Å². The van der Waals surface area contributed by atoms with Gasteiger partial charge in [0.2, 0.25) is 23.5 Å². The fourth-order valence-corrected chi connectivity index (χ4v) is 4.53. The molecule has 3 rings (SSSR count). The number of ether oxygens (including phenoxy) is 3. The topological polar surface area (TPSA) is 155 Å². The van der Waals surface area contributed by atoms with Crippen molar-refractivity contribution in [2.75, 3.05) is 44.6 Å². The van der Waals surface area contributed by atoms with Gasteiger partial charge in [0, 0.05) is 25.9 Å². The molecule has 0 radical (unpaired) electrons. The molecule has 184 valence electrons. The number of carbonyl (C=O) groups is 2. The van der Waals surface area contributed by atoms with Crippen LogP contribution in [0.1, 0.15) is 19.3 Å². The highest BCUT2D eigenvalue weighted by Crippen LogP contribution is 2.43. The Kier molecular flexibility index (Phi) is 8.21. The molecule has 0 saturated carbocycles. The van der Waals surface area contributed by atoms with E-state index in [0.29, 0.717) is 53.3 Å². The summed E-state index contributed by atoms with van der Waals surface area (Å²) in [5.41, 5.74) is 11.4. The molecular weight excluding hydrogens is 464 g/mol. The summed E-state index contributed by atoms with van der Waals surface area (Å²) < 4.78 is 16.3. The minimum atomic E-state index is -0.402. The van der Waals surface area contributed by atoms with E-state index in [1.165, 1.54) is 27.5 Å². The monoisotopic (exact) mass is 492 g/mol. The maximum atomic E-state index is 11.5. The number of methoxy groups -OCH3 is 3. The number of rotatable bonds is 10. The average molecular weight is 493 g/mol.